The molecule has 0 atom stereocenters. The van der Waals surface area contributed by atoms with Crippen molar-refractivity contribution in [1.29, 1.82) is 0 Å². The van der Waals surface area contributed by atoms with Crippen LogP contribution in [-0.4, -0.2) is 21.4 Å². The van der Waals surface area contributed by atoms with Crippen molar-refractivity contribution < 1.29 is 4.79 Å². The number of aryl methyl sites for hydroxylation is 1. The molecule has 0 bridgehead atoms. The Labute approximate surface area is 222 Å². The van der Waals surface area contributed by atoms with Crippen molar-refractivity contribution in [1.82, 2.24) is 9.88 Å². The summed E-state index contributed by atoms with van der Waals surface area (Å²) in [6.45, 7) is 2.76. The minimum atomic E-state index is -0.149. The Morgan fingerprint density at radius 1 is 1.06 bits per heavy atom. The molecule has 1 fully saturated rings. The molecule has 3 aromatic carbocycles. The van der Waals surface area contributed by atoms with E-state index in [9.17, 15) is 4.79 Å². The summed E-state index contributed by atoms with van der Waals surface area (Å²) >= 11 is 15.3. The van der Waals surface area contributed by atoms with Crippen LogP contribution in [0.3, 0.4) is 0 Å². The molecule has 4 aromatic rings. The number of nitrogens with one attached hydrogen (secondary N) is 1. The molecule has 176 valence electrons. The number of hydrogen-bond donors (Lipinski definition) is 1. The van der Waals surface area contributed by atoms with Gasteiger partial charge in [-0.25, -0.2) is 4.99 Å². The number of benzene rings is 3. The van der Waals surface area contributed by atoms with E-state index < -0.39 is 0 Å². The molecule has 1 aliphatic heterocycles. The Kier molecular flexibility index (Phi) is 7.25. The Balaban J connectivity index is 1.37. The lowest BCUT2D eigenvalue weighted by Crippen LogP contribution is -2.19. The summed E-state index contributed by atoms with van der Waals surface area (Å²) in [5.41, 5.74) is 3.78. The fourth-order valence-electron chi connectivity index (χ4n) is 3.82. The van der Waals surface area contributed by atoms with E-state index >= 15 is 0 Å². The summed E-state index contributed by atoms with van der Waals surface area (Å²) in [5, 5.41) is 5.93. The van der Waals surface area contributed by atoms with Crippen molar-refractivity contribution in [3.8, 4) is 0 Å². The minimum absolute atomic E-state index is 0.149. The van der Waals surface area contributed by atoms with Gasteiger partial charge in [0.1, 0.15) is 0 Å². The monoisotopic (exact) mass is 537 g/mol. The lowest BCUT2D eigenvalue weighted by Gasteiger charge is -2.05. The normalized spacial score (nSPS) is 15.9. The number of halogens is 2. The van der Waals surface area contributed by atoms with E-state index in [2.05, 4.69) is 33.2 Å². The lowest BCUT2D eigenvalue weighted by atomic mass is 10.1. The van der Waals surface area contributed by atoms with Crippen LogP contribution in [0.15, 0.2) is 87.7 Å². The van der Waals surface area contributed by atoms with Crippen molar-refractivity contribution in [2.75, 3.05) is 5.75 Å². The molecule has 35 heavy (non-hydrogen) atoms. The van der Waals surface area contributed by atoms with Gasteiger partial charge in [0, 0.05) is 49.9 Å². The summed E-state index contributed by atoms with van der Waals surface area (Å²) < 4.78 is 2.24. The SMILES string of the molecule is Cc1c(Cl)cccc1N=C1NC(=O)/C(=C/c2cn(CCSc3ccc(Cl)cc3)c3ccccc23)S1. The zero-order chi connectivity index (χ0) is 24.4. The molecule has 1 aliphatic rings. The van der Waals surface area contributed by atoms with Gasteiger partial charge >= 0.3 is 0 Å². The number of hydrogen-bond acceptors (Lipinski definition) is 4. The van der Waals surface area contributed by atoms with E-state index in [0.29, 0.717) is 15.1 Å². The molecular formula is C27H21Cl2N3OS2. The second kappa shape index (κ2) is 10.5. The predicted octanol–water partition coefficient (Wildman–Crippen LogP) is 7.94. The van der Waals surface area contributed by atoms with E-state index in [0.717, 1.165) is 45.0 Å². The molecule has 1 amide bonds. The number of amides is 1. The maximum absolute atomic E-state index is 12.7. The van der Waals surface area contributed by atoms with Crippen LogP contribution in [0.2, 0.25) is 10.0 Å². The smallest absolute Gasteiger partial charge is 0.264 e. The second-order valence-electron chi connectivity index (χ2n) is 7.96. The maximum Gasteiger partial charge on any atom is 0.264 e. The first kappa shape index (κ1) is 24.1. The quantitative estimate of drug-likeness (QED) is 0.200. The maximum atomic E-state index is 12.7. The van der Waals surface area contributed by atoms with Crippen molar-refractivity contribution >= 4 is 80.5 Å². The number of fused-ring (bicyclic) bond motifs is 1. The molecule has 0 unspecified atom stereocenters. The summed E-state index contributed by atoms with van der Waals surface area (Å²) in [5.74, 6) is 0.769. The van der Waals surface area contributed by atoms with Crippen molar-refractivity contribution in [3.05, 3.63) is 99.0 Å². The fourth-order valence-corrected chi connectivity index (χ4v) is 5.79. The van der Waals surface area contributed by atoms with Crippen LogP contribution in [0.25, 0.3) is 17.0 Å². The average molecular weight is 539 g/mol. The Morgan fingerprint density at radius 3 is 2.69 bits per heavy atom. The molecule has 1 aromatic heterocycles. The van der Waals surface area contributed by atoms with Gasteiger partial charge in [-0.05, 0) is 72.8 Å². The summed E-state index contributed by atoms with van der Waals surface area (Å²) in [7, 11) is 0. The van der Waals surface area contributed by atoms with Crippen molar-refractivity contribution in [2.45, 2.75) is 18.4 Å². The number of aromatic nitrogens is 1. The van der Waals surface area contributed by atoms with Crippen molar-refractivity contribution in [3.63, 3.8) is 0 Å². The summed E-state index contributed by atoms with van der Waals surface area (Å²) in [6, 6.07) is 21.7. The first-order chi connectivity index (χ1) is 17.0. The topological polar surface area (TPSA) is 46.4 Å². The molecule has 5 rings (SSSR count). The van der Waals surface area contributed by atoms with Gasteiger partial charge in [-0.3, -0.25) is 4.79 Å². The third-order valence-corrected chi connectivity index (χ3v) is 8.20. The van der Waals surface area contributed by atoms with Gasteiger partial charge in [-0.15, -0.1) is 11.8 Å². The lowest BCUT2D eigenvalue weighted by molar-refractivity contribution is -0.115. The molecule has 1 saturated heterocycles. The van der Waals surface area contributed by atoms with Crippen LogP contribution < -0.4 is 5.32 Å². The number of carbonyl (C=O) groups is 1. The molecule has 0 saturated carbocycles. The Hall–Kier alpha value is -2.64. The van der Waals surface area contributed by atoms with Crippen LogP contribution in [0.1, 0.15) is 11.1 Å². The number of amidine groups is 1. The molecule has 0 spiro atoms. The summed E-state index contributed by atoms with van der Waals surface area (Å²) in [4.78, 5) is 19.1. The molecule has 0 aliphatic carbocycles. The predicted molar refractivity (Wildman–Crippen MR) is 151 cm³/mol. The second-order valence-corrected chi connectivity index (χ2v) is 11.0. The van der Waals surface area contributed by atoms with Crippen LogP contribution in [0.4, 0.5) is 5.69 Å². The van der Waals surface area contributed by atoms with E-state index in [4.69, 9.17) is 23.2 Å². The minimum Gasteiger partial charge on any atom is -0.346 e. The number of carbonyl (C=O) groups excluding carboxylic acids is 1. The van der Waals surface area contributed by atoms with Gasteiger partial charge in [-0.1, -0.05) is 47.5 Å². The van der Waals surface area contributed by atoms with Gasteiger partial charge < -0.3 is 9.88 Å². The standard InChI is InChI=1S/C27H21Cl2N3OS2/c1-17-22(29)6-4-7-23(17)30-27-31-26(33)25(35-27)15-18-16-32(24-8-3-2-5-21(18)24)13-14-34-20-11-9-19(28)10-12-20/h2-12,15-16H,13-14H2,1H3,(H,30,31,33)/b25-15-. The third kappa shape index (κ3) is 5.46. The molecular weight excluding hydrogens is 517 g/mol. The molecule has 2 heterocycles. The number of thioether (sulfide) groups is 2. The fraction of sp³-hybridized carbons (Fsp3) is 0.111. The zero-order valence-electron chi connectivity index (χ0n) is 18.8. The molecule has 8 heteroatoms. The first-order valence-corrected chi connectivity index (χ1v) is 13.5. The molecule has 0 radical (unpaired) electrons. The van der Waals surface area contributed by atoms with Crippen molar-refractivity contribution in [2.24, 2.45) is 4.99 Å². The van der Waals surface area contributed by atoms with E-state index in [1.54, 1.807) is 11.8 Å². The zero-order valence-corrected chi connectivity index (χ0v) is 21.9. The van der Waals surface area contributed by atoms with Gasteiger partial charge in [0.05, 0.1) is 10.6 Å². The molecule has 1 N–H and O–H groups in total. The average Bonchev–Trinajstić information content (AvgIpc) is 3.38. The molecule has 4 nitrogen and oxygen atoms in total. The summed E-state index contributed by atoms with van der Waals surface area (Å²) in [6.07, 6.45) is 4.06. The Morgan fingerprint density at radius 2 is 1.86 bits per heavy atom. The van der Waals surface area contributed by atoms with Gasteiger partial charge in [0.15, 0.2) is 5.17 Å². The Bertz CT molecular complexity index is 1480. The van der Waals surface area contributed by atoms with Crippen LogP contribution in [0.5, 0.6) is 0 Å². The van der Waals surface area contributed by atoms with Crippen LogP contribution >= 0.6 is 46.7 Å². The van der Waals surface area contributed by atoms with Gasteiger partial charge in [0.2, 0.25) is 0 Å². The highest BCUT2D eigenvalue weighted by molar-refractivity contribution is 8.18. The van der Waals surface area contributed by atoms with E-state index in [-0.39, 0.29) is 5.91 Å². The van der Waals surface area contributed by atoms with E-state index in [1.165, 1.54) is 16.7 Å². The highest BCUT2D eigenvalue weighted by Gasteiger charge is 2.24. The van der Waals surface area contributed by atoms with E-state index in [1.807, 2.05) is 67.6 Å². The first-order valence-electron chi connectivity index (χ1n) is 11.0. The largest absolute Gasteiger partial charge is 0.346 e. The van der Waals surface area contributed by atoms with Gasteiger partial charge in [-0.2, -0.15) is 0 Å². The van der Waals surface area contributed by atoms with Crippen LogP contribution in [-0.2, 0) is 11.3 Å². The van der Waals surface area contributed by atoms with Crippen LogP contribution in [0, 0.1) is 6.92 Å². The highest BCUT2D eigenvalue weighted by atomic mass is 35.5. The number of nitrogens with zero attached hydrogens (tertiary/aromatic N) is 2. The van der Waals surface area contributed by atoms with Gasteiger partial charge in [0.25, 0.3) is 5.91 Å². The number of aliphatic imine (C=N–C) groups is 1. The number of rotatable bonds is 6. The third-order valence-electron chi connectivity index (χ3n) is 5.63. The number of para-hydroxylation sites is 1. The highest BCUT2D eigenvalue weighted by Crippen LogP contribution is 2.33.